The Bertz CT molecular complexity index is 547. The van der Waals surface area contributed by atoms with E-state index in [0.29, 0.717) is 16.6 Å². The Morgan fingerprint density at radius 2 is 1.78 bits per heavy atom. The first-order valence-electron chi connectivity index (χ1n) is 5.61. The molecule has 3 N–H and O–H groups in total. The maximum Gasteiger partial charge on any atom is 0.0470 e. The Morgan fingerprint density at radius 1 is 1.11 bits per heavy atom. The van der Waals surface area contributed by atoms with Gasteiger partial charge in [0.05, 0.1) is 0 Å². The molecule has 2 aromatic carbocycles. The lowest BCUT2D eigenvalue weighted by molar-refractivity contribution is 1.14. The molecule has 0 radical (unpaired) electrons. The number of rotatable bonds is 3. The van der Waals surface area contributed by atoms with Crippen LogP contribution in [0.25, 0.3) is 0 Å². The molecule has 2 rings (SSSR count). The van der Waals surface area contributed by atoms with Crippen LogP contribution in [0.1, 0.15) is 11.1 Å². The summed E-state index contributed by atoms with van der Waals surface area (Å²) in [6, 6.07) is 11.3. The minimum absolute atomic E-state index is 0.572. The molecule has 0 spiro atoms. The number of hydrogen-bond acceptors (Lipinski definition) is 2. The van der Waals surface area contributed by atoms with E-state index in [9.17, 15) is 0 Å². The monoisotopic (exact) mass is 280 g/mol. The summed E-state index contributed by atoms with van der Waals surface area (Å²) in [7, 11) is 0. The fourth-order valence-corrected chi connectivity index (χ4v) is 2.25. The highest BCUT2D eigenvalue weighted by molar-refractivity contribution is 6.36. The molecule has 4 heteroatoms. The number of nitrogens with one attached hydrogen (secondary N) is 1. The fraction of sp³-hybridized carbons (Fsp3) is 0.143. The van der Waals surface area contributed by atoms with E-state index in [2.05, 4.69) is 5.32 Å². The lowest BCUT2D eigenvalue weighted by atomic mass is 10.1. The van der Waals surface area contributed by atoms with Crippen LogP contribution >= 0.6 is 23.2 Å². The van der Waals surface area contributed by atoms with Gasteiger partial charge in [0.2, 0.25) is 0 Å². The molecule has 0 saturated carbocycles. The third-order valence-electron chi connectivity index (χ3n) is 2.78. The van der Waals surface area contributed by atoms with Crippen molar-refractivity contribution in [1.29, 1.82) is 0 Å². The molecule has 0 aliphatic heterocycles. The van der Waals surface area contributed by atoms with E-state index >= 15 is 0 Å². The van der Waals surface area contributed by atoms with Crippen LogP contribution in [-0.4, -0.2) is 0 Å². The normalized spacial score (nSPS) is 10.4. The van der Waals surface area contributed by atoms with E-state index in [0.717, 1.165) is 22.5 Å². The summed E-state index contributed by atoms with van der Waals surface area (Å²) in [5.74, 6) is 0. The van der Waals surface area contributed by atoms with E-state index < -0.39 is 0 Å². The van der Waals surface area contributed by atoms with Crippen molar-refractivity contribution in [3.63, 3.8) is 0 Å². The fourth-order valence-electron chi connectivity index (χ4n) is 1.71. The van der Waals surface area contributed by atoms with E-state index in [-0.39, 0.29) is 0 Å². The summed E-state index contributed by atoms with van der Waals surface area (Å²) in [5, 5.41) is 4.63. The van der Waals surface area contributed by atoms with Crippen LogP contribution in [0.15, 0.2) is 36.4 Å². The minimum Gasteiger partial charge on any atom is -0.399 e. The predicted molar refractivity (Wildman–Crippen MR) is 79.4 cm³/mol. The standard InChI is InChI=1S/C14H14Cl2N2/c1-9-5-6-10(17)7-14(9)18-8-11-12(15)3-2-4-13(11)16/h2-7,18H,8,17H2,1H3. The topological polar surface area (TPSA) is 38.0 Å². The second-order valence-electron chi connectivity index (χ2n) is 4.13. The second-order valence-corrected chi connectivity index (χ2v) is 4.94. The number of anilines is 2. The maximum absolute atomic E-state index is 6.12. The molecule has 0 unspecified atom stereocenters. The van der Waals surface area contributed by atoms with Crippen molar-refractivity contribution in [2.24, 2.45) is 0 Å². The Hall–Kier alpha value is -1.38. The molecule has 0 aromatic heterocycles. The first-order chi connectivity index (χ1) is 8.58. The molecule has 0 atom stereocenters. The number of halogens is 2. The van der Waals surface area contributed by atoms with Gasteiger partial charge >= 0.3 is 0 Å². The van der Waals surface area contributed by atoms with Gasteiger partial charge in [0, 0.05) is 33.5 Å². The second kappa shape index (κ2) is 5.51. The van der Waals surface area contributed by atoms with Crippen molar-refractivity contribution in [3.8, 4) is 0 Å². The third-order valence-corrected chi connectivity index (χ3v) is 3.49. The van der Waals surface area contributed by atoms with Crippen molar-refractivity contribution < 1.29 is 0 Å². The van der Waals surface area contributed by atoms with Crippen molar-refractivity contribution in [1.82, 2.24) is 0 Å². The van der Waals surface area contributed by atoms with Crippen LogP contribution in [-0.2, 0) is 6.54 Å². The van der Waals surface area contributed by atoms with Crippen LogP contribution in [0, 0.1) is 6.92 Å². The first-order valence-corrected chi connectivity index (χ1v) is 6.36. The van der Waals surface area contributed by atoms with E-state index in [4.69, 9.17) is 28.9 Å². The van der Waals surface area contributed by atoms with Gasteiger partial charge in [-0.2, -0.15) is 0 Å². The van der Waals surface area contributed by atoms with Gasteiger partial charge in [0.1, 0.15) is 0 Å². The molecule has 18 heavy (non-hydrogen) atoms. The summed E-state index contributed by atoms with van der Waals surface area (Å²) in [5.41, 5.74) is 9.51. The van der Waals surface area contributed by atoms with Crippen molar-refractivity contribution in [2.75, 3.05) is 11.1 Å². The number of hydrogen-bond donors (Lipinski definition) is 2. The molecule has 0 amide bonds. The lowest BCUT2D eigenvalue weighted by Crippen LogP contribution is -2.03. The van der Waals surface area contributed by atoms with Crippen molar-refractivity contribution in [3.05, 3.63) is 57.6 Å². The Balaban J connectivity index is 2.19. The zero-order chi connectivity index (χ0) is 13.1. The minimum atomic E-state index is 0.572. The zero-order valence-electron chi connectivity index (χ0n) is 10.0. The molecule has 0 aliphatic rings. The quantitative estimate of drug-likeness (QED) is 0.813. The average Bonchev–Trinajstić information content (AvgIpc) is 2.33. The van der Waals surface area contributed by atoms with Crippen molar-refractivity contribution >= 4 is 34.6 Å². The van der Waals surface area contributed by atoms with Gasteiger partial charge in [0.25, 0.3) is 0 Å². The number of nitrogen functional groups attached to an aromatic ring is 1. The van der Waals surface area contributed by atoms with E-state index in [1.165, 1.54) is 0 Å². The van der Waals surface area contributed by atoms with E-state index in [1.807, 2.05) is 43.3 Å². The summed E-state index contributed by atoms with van der Waals surface area (Å²) >= 11 is 12.2. The average molecular weight is 281 g/mol. The Labute approximate surface area is 117 Å². The Morgan fingerprint density at radius 3 is 2.44 bits per heavy atom. The van der Waals surface area contributed by atoms with Gasteiger partial charge in [-0.05, 0) is 36.8 Å². The lowest BCUT2D eigenvalue weighted by Gasteiger charge is -2.12. The van der Waals surface area contributed by atoms with Crippen LogP contribution < -0.4 is 11.1 Å². The van der Waals surface area contributed by atoms with Crippen LogP contribution in [0.3, 0.4) is 0 Å². The number of aryl methyl sites for hydroxylation is 1. The van der Waals surface area contributed by atoms with Crippen molar-refractivity contribution in [2.45, 2.75) is 13.5 Å². The highest BCUT2D eigenvalue weighted by atomic mass is 35.5. The smallest absolute Gasteiger partial charge is 0.0470 e. The molecule has 0 fully saturated rings. The Kier molecular flexibility index (Phi) is 4.00. The van der Waals surface area contributed by atoms with Gasteiger partial charge in [0.15, 0.2) is 0 Å². The van der Waals surface area contributed by atoms with Crippen LogP contribution in [0.4, 0.5) is 11.4 Å². The van der Waals surface area contributed by atoms with E-state index in [1.54, 1.807) is 0 Å². The maximum atomic E-state index is 6.12. The molecule has 2 nitrogen and oxygen atoms in total. The molecular weight excluding hydrogens is 267 g/mol. The van der Waals surface area contributed by atoms with Crippen LogP contribution in [0.5, 0.6) is 0 Å². The molecule has 0 saturated heterocycles. The highest BCUT2D eigenvalue weighted by Crippen LogP contribution is 2.26. The molecule has 0 aliphatic carbocycles. The predicted octanol–water partition coefficient (Wildman–Crippen LogP) is 4.50. The van der Waals surface area contributed by atoms with Gasteiger partial charge in [-0.15, -0.1) is 0 Å². The zero-order valence-corrected chi connectivity index (χ0v) is 11.5. The van der Waals surface area contributed by atoms with Gasteiger partial charge in [-0.3, -0.25) is 0 Å². The number of benzene rings is 2. The summed E-state index contributed by atoms with van der Waals surface area (Å²) in [6.07, 6.45) is 0. The van der Waals surface area contributed by atoms with Gasteiger partial charge in [-0.25, -0.2) is 0 Å². The molecule has 2 aromatic rings. The van der Waals surface area contributed by atoms with Crippen LogP contribution in [0.2, 0.25) is 10.0 Å². The van der Waals surface area contributed by atoms with Gasteiger partial charge < -0.3 is 11.1 Å². The third kappa shape index (κ3) is 2.89. The molecular formula is C14H14Cl2N2. The summed E-state index contributed by atoms with van der Waals surface area (Å²) < 4.78 is 0. The summed E-state index contributed by atoms with van der Waals surface area (Å²) in [4.78, 5) is 0. The highest BCUT2D eigenvalue weighted by Gasteiger charge is 2.06. The first kappa shape index (κ1) is 13.1. The largest absolute Gasteiger partial charge is 0.399 e. The molecule has 0 heterocycles. The molecule has 0 bridgehead atoms. The molecule has 94 valence electrons. The number of nitrogens with two attached hydrogens (primary N) is 1. The summed E-state index contributed by atoms with van der Waals surface area (Å²) in [6.45, 7) is 2.60. The van der Waals surface area contributed by atoms with Gasteiger partial charge in [-0.1, -0.05) is 35.3 Å². The SMILES string of the molecule is Cc1ccc(N)cc1NCc1c(Cl)cccc1Cl.